The van der Waals surface area contributed by atoms with Crippen LogP contribution in [0.2, 0.25) is 0 Å². The molecule has 2 rings (SSSR count). The maximum Gasteiger partial charge on any atom is 0.123 e. The quantitative estimate of drug-likeness (QED) is 0.765. The standard InChI is InChI=1S/C17H22FNS/c1-2-19-13-15(8-9-17-7-4-10-20-17)11-14-5-3-6-16(18)12-14/h3-7,10,12,15,19H,2,8-9,11,13H2,1H3. The summed E-state index contributed by atoms with van der Waals surface area (Å²) in [5.74, 6) is 0.418. The molecule has 0 radical (unpaired) electrons. The number of hydrogen-bond donors (Lipinski definition) is 1. The molecule has 0 saturated carbocycles. The molecule has 1 atom stereocenters. The van der Waals surface area contributed by atoms with Crippen molar-refractivity contribution in [1.29, 1.82) is 0 Å². The molecule has 0 amide bonds. The summed E-state index contributed by atoms with van der Waals surface area (Å²) in [6.45, 7) is 4.11. The highest BCUT2D eigenvalue weighted by atomic mass is 32.1. The van der Waals surface area contributed by atoms with Crippen molar-refractivity contribution in [2.45, 2.75) is 26.2 Å². The van der Waals surface area contributed by atoms with E-state index in [0.717, 1.165) is 37.9 Å². The summed E-state index contributed by atoms with van der Waals surface area (Å²) in [6.07, 6.45) is 3.20. The lowest BCUT2D eigenvalue weighted by atomic mass is 9.94. The van der Waals surface area contributed by atoms with Gasteiger partial charge in [0.2, 0.25) is 0 Å². The lowest BCUT2D eigenvalue weighted by Crippen LogP contribution is -2.24. The summed E-state index contributed by atoms with van der Waals surface area (Å²) in [6, 6.07) is 11.3. The normalized spacial score (nSPS) is 12.5. The van der Waals surface area contributed by atoms with Gasteiger partial charge in [-0.25, -0.2) is 4.39 Å². The van der Waals surface area contributed by atoms with Gasteiger partial charge in [0.15, 0.2) is 0 Å². The summed E-state index contributed by atoms with van der Waals surface area (Å²) < 4.78 is 13.3. The van der Waals surface area contributed by atoms with Crippen LogP contribution in [0.4, 0.5) is 4.39 Å². The van der Waals surface area contributed by atoms with Crippen LogP contribution in [0.25, 0.3) is 0 Å². The molecule has 1 heterocycles. The van der Waals surface area contributed by atoms with Crippen LogP contribution in [0, 0.1) is 11.7 Å². The van der Waals surface area contributed by atoms with Gasteiger partial charge in [-0.2, -0.15) is 0 Å². The van der Waals surface area contributed by atoms with Gasteiger partial charge in [0, 0.05) is 4.88 Å². The van der Waals surface area contributed by atoms with Gasteiger partial charge in [-0.15, -0.1) is 11.3 Å². The second kappa shape index (κ2) is 8.18. The van der Waals surface area contributed by atoms with Gasteiger partial charge < -0.3 is 5.32 Å². The van der Waals surface area contributed by atoms with E-state index in [9.17, 15) is 4.39 Å². The van der Waals surface area contributed by atoms with Gasteiger partial charge in [0.1, 0.15) is 5.82 Å². The third-order valence-corrected chi connectivity index (χ3v) is 4.41. The molecule has 0 fully saturated rings. The van der Waals surface area contributed by atoms with Gasteiger partial charge in [-0.1, -0.05) is 25.1 Å². The SMILES string of the molecule is CCNCC(CCc1cccs1)Cc1cccc(F)c1. The van der Waals surface area contributed by atoms with E-state index in [1.165, 1.54) is 10.9 Å². The topological polar surface area (TPSA) is 12.0 Å². The van der Waals surface area contributed by atoms with Crippen LogP contribution in [0.1, 0.15) is 23.8 Å². The van der Waals surface area contributed by atoms with Gasteiger partial charge in [0.25, 0.3) is 0 Å². The Morgan fingerprint density at radius 3 is 2.85 bits per heavy atom. The van der Waals surface area contributed by atoms with Crippen LogP contribution < -0.4 is 5.32 Å². The fourth-order valence-electron chi connectivity index (χ4n) is 2.42. The van der Waals surface area contributed by atoms with E-state index in [1.807, 2.05) is 17.4 Å². The molecule has 1 N–H and O–H groups in total. The smallest absolute Gasteiger partial charge is 0.123 e. The second-order valence-electron chi connectivity index (χ2n) is 5.13. The minimum atomic E-state index is -0.136. The number of nitrogens with one attached hydrogen (secondary N) is 1. The van der Waals surface area contributed by atoms with E-state index in [2.05, 4.69) is 29.8 Å². The van der Waals surface area contributed by atoms with Crippen molar-refractivity contribution in [2.24, 2.45) is 5.92 Å². The predicted molar refractivity (Wildman–Crippen MR) is 84.8 cm³/mol. The van der Waals surface area contributed by atoms with Crippen LogP contribution in [0.3, 0.4) is 0 Å². The first-order chi connectivity index (χ1) is 9.78. The molecular formula is C17H22FNS. The molecule has 0 aliphatic carbocycles. The number of aryl methyl sites for hydroxylation is 1. The van der Waals surface area contributed by atoms with Gasteiger partial charge >= 0.3 is 0 Å². The van der Waals surface area contributed by atoms with E-state index in [0.29, 0.717) is 5.92 Å². The Kier molecular flexibility index (Phi) is 6.22. The van der Waals surface area contributed by atoms with Crippen LogP contribution in [-0.2, 0) is 12.8 Å². The van der Waals surface area contributed by atoms with Gasteiger partial charge in [0.05, 0.1) is 0 Å². The molecule has 2 aromatic rings. The highest BCUT2D eigenvalue weighted by Crippen LogP contribution is 2.18. The summed E-state index contributed by atoms with van der Waals surface area (Å²) in [5, 5.41) is 5.55. The Labute approximate surface area is 124 Å². The number of rotatable bonds is 8. The Balaban J connectivity index is 1.92. The second-order valence-corrected chi connectivity index (χ2v) is 6.16. The van der Waals surface area contributed by atoms with Crippen molar-refractivity contribution in [3.8, 4) is 0 Å². The first kappa shape index (κ1) is 15.2. The molecular weight excluding hydrogens is 269 g/mol. The van der Waals surface area contributed by atoms with E-state index in [4.69, 9.17) is 0 Å². The van der Waals surface area contributed by atoms with Crippen LogP contribution in [0.5, 0.6) is 0 Å². The molecule has 0 saturated heterocycles. The molecule has 0 bridgehead atoms. The third kappa shape index (κ3) is 5.06. The molecule has 1 unspecified atom stereocenters. The Morgan fingerprint density at radius 1 is 1.25 bits per heavy atom. The van der Waals surface area contributed by atoms with Crippen LogP contribution in [0.15, 0.2) is 41.8 Å². The monoisotopic (exact) mass is 291 g/mol. The van der Waals surface area contributed by atoms with Crippen molar-refractivity contribution < 1.29 is 4.39 Å². The molecule has 0 aliphatic heterocycles. The molecule has 3 heteroatoms. The first-order valence-electron chi connectivity index (χ1n) is 7.25. The molecule has 1 aromatic carbocycles. The molecule has 20 heavy (non-hydrogen) atoms. The highest BCUT2D eigenvalue weighted by molar-refractivity contribution is 7.09. The summed E-state index contributed by atoms with van der Waals surface area (Å²) in [5.41, 5.74) is 1.10. The van der Waals surface area contributed by atoms with Crippen molar-refractivity contribution in [3.63, 3.8) is 0 Å². The van der Waals surface area contributed by atoms with E-state index >= 15 is 0 Å². The minimum Gasteiger partial charge on any atom is -0.317 e. The third-order valence-electron chi connectivity index (χ3n) is 3.48. The van der Waals surface area contributed by atoms with E-state index in [-0.39, 0.29) is 5.82 Å². The number of hydrogen-bond acceptors (Lipinski definition) is 2. The largest absolute Gasteiger partial charge is 0.317 e. The molecule has 1 aromatic heterocycles. The Hall–Kier alpha value is -1.19. The van der Waals surface area contributed by atoms with Gasteiger partial charge in [-0.05, 0) is 67.4 Å². The van der Waals surface area contributed by atoms with E-state index in [1.54, 1.807) is 12.1 Å². The van der Waals surface area contributed by atoms with Crippen LogP contribution >= 0.6 is 11.3 Å². The summed E-state index contributed by atoms with van der Waals surface area (Å²) in [4.78, 5) is 1.44. The zero-order valence-electron chi connectivity index (χ0n) is 11.9. The molecule has 0 aliphatic rings. The lowest BCUT2D eigenvalue weighted by molar-refractivity contribution is 0.449. The van der Waals surface area contributed by atoms with E-state index < -0.39 is 0 Å². The maximum absolute atomic E-state index is 13.3. The lowest BCUT2D eigenvalue weighted by Gasteiger charge is -2.17. The Bertz CT molecular complexity index is 495. The fraction of sp³-hybridized carbons (Fsp3) is 0.412. The number of benzene rings is 1. The molecule has 1 nitrogen and oxygen atoms in total. The molecule has 108 valence electrons. The van der Waals surface area contributed by atoms with Gasteiger partial charge in [-0.3, -0.25) is 0 Å². The maximum atomic E-state index is 13.3. The molecule has 0 spiro atoms. The van der Waals surface area contributed by atoms with Crippen molar-refractivity contribution in [2.75, 3.05) is 13.1 Å². The highest BCUT2D eigenvalue weighted by Gasteiger charge is 2.10. The van der Waals surface area contributed by atoms with Crippen molar-refractivity contribution in [1.82, 2.24) is 5.32 Å². The van der Waals surface area contributed by atoms with Crippen molar-refractivity contribution >= 4 is 11.3 Å². The first-order valence-corrected chi connectivity index (χ1v) is 8.13. The fourth-order valence-corrected chi connectivity index (χ4v) is 3.15. The summed E-state index contributed by atoms with van der Waals surface area (Å²) in [7, 11) is 0. The van der Waals surface area contributed by atoms with Crippen LogP contribution in [-0.4, -0.2) is 13.1 Å². The zero-order chi connectivity index (χ0) is 14.2. The number of thiophene rings is 1. The Morgan fingerprint density at radius 2 is 2.15 bits per heavy atom. The summed E-state index contributed by atoms with van der Waals surface area (Å²) >= 11 is 1.82. The predicted octanol–water partition coefficient (Wildman–Crippen LogP) is 4.29. The van der Waals surface area contributed by atoms with Crippen molar-refractivity contribution in [3.05, 3.63) is 58.0 Å². The minimum absolute atomic E-state index is 0.136. The average molecular weight is 291 g/mol. The number of halogens is 1. The average Bonchev–Trinajstić information content (AvgIpc) is 2.95. The zero-order valence-corrected chi connectivity index (χ0v) is 12.8.